The highest BCUT2D eigenvalue weighted by atomic mass is 32.2. The molecule has 1 fully saturated rings. The minimum Gasteiger partial charge on any atom is -0.315 e. The van der Waals surface area contributed by atoms with Crippen LogP contribution in [0.2, 0.25) is 0 Å². The van der Waals surface area contributed by atoms with Gasteiger partial charge in [-0.05, 0) is 38.1 Å². The molecule has 0 spiro atoms. The predicted molar refractivity (Wildman–Crippen MR) is 80.3 cm³/mol. The number of hydrogen-bond acceptors (Lipinski definition) is 3. The molecule has 3 heteroatoms. The zero-order valence-electron chi connectivity index (χ0n) is 11.3. The first-order chi connectivity index (χ1) is 8.90. The predicted octanol–water partition coefficient (Wildman–Crippen LogP) is 2.85. The molecule has 2 rings (SSSR count). The topological polar surface area (TPSA) is 15.3 Å². The van der Waals surface area contributed by atoms with Crippen molar-refractivity contribution in [2.45, 2.75) is 30.7 Å². The molecule has 100 valence electrons. The minimum absolute atomic E-state index is 0.750. The van der Waals surface area contributed by atoms with Gasteiger partial charge >= 0.3 is 0 Å². The highest BCUT2D eigenvalue weighted by molar-refractivity contribution is 7.99. The molecule has 2 nitrogen and oxygen atoms in total. The molecular formula is C15H24N2S. The molecule has 0 radical (unpaired) electrons. The Hall–Kier alpha value is -0.510. The fourth-order valence-corrected chi connectivity index (χ4v) is 3.45. The van der Waals surface area contributed by atoms with Crippen LogP contribution in [0.4, 0.5) is 0 Å². The lowest BCUT2D eigenvalue weighted by molar-refractivity contribution is 0.184. The molecular weight excluding hydrogens is 240 g/mol. The minimum atomic E-state index is 0.750. The van der Waals surface area contributed by atoms with Crippen LogP contribution >= 0.6 is 11.8 Å². The number of nitrogens with zero attached hydrogens (tertiary/aromatic N) is 1. The molecule has 1 aliphatic heterocycles. The summed E-state index contributed by atoms with van der Waals surface area (Å²) in [4.78, 5) is 4.01. The quantitative estimate of drug-likeness (QED) is 0.795. The van der Waals surface area contributed by atoms with Gasteiger partial charge in [0.05, 0.1) is 0 Å². The Morgan fingerprint density at radius 2 is 2.17 bits per heavy atom. The van der Waals surface area contributed by atoms with Gasteiger partial charge in [-0.2, -0.15) is 0 Å². The van der Waals surface area contributed by atoms with Gasteiger partial charge < -0.3 is 5.32 Å². The molecule has 0 aliphatic carbocycles. The van der Waals surface area contributed by atoms with E-state index in [1.807, 2.05) is 11.8 Å². The van der Waals surface area contributed by atoms with E-state index < -0.39 is 0 Å². The van der Waals surface area contributed by atoms with Crippen LogP contribution in [0.15, 0.2) is 35.2 Å². The van der Waals surface area contributed by atoms with Crippen LogP contribution in [-0.2, 0) is 0 Å². The van der Waals surface area contributed by atoms with Gasteiger partial charge in [-0.25, -0.2) is 0 Å². The van der Waals surface area contributed by atoms with Gasteiger partial charge in [-0.1, -0.05) is 25.1 Å². The van der Waals surface area contributed by atoms with Crippen molar-refractivity contribution < 1.29 is 0 Å². The molecule has 0 bridgehead atoms. The van der Waals surface area contributed by atoms with Crippen molar-refractivity contribution in [1.82, 2.24) is 10.2 Å². The second-order valence-corrected chi connectivity index (χ2v) is 5.96. The number of likely N-dealkylation sites (N-methyl/N-ethyl adjacent to an activating group) is 1. The van der Waals surface area contributed by atoms with Crippen molar-refractivity contribution in [2.75, 3.05) is 31.9 Å². The molecule has 0 amide bonds. The maximum absolute atomic E-state index is 3.51. The zero-order valence-corrected chi connectivity index (χ0v) is 12.1. The first-order valence-corrected chi connectivity index (χ1v) is 8.01. The lowest BCUT2D eigenvalue weighted by atomic mass is 10.1. The number of thioether (sulfide) groups is 1. The van der Waals surface area contributed by atoms with E-state index in [1.165, 1.54) is 49.7 Å². The summed E-state index contributed by atoms with van der Waals surface area (Å²) in [5.74, 6) is 1.19. The second kappa shape index (κ2) is 7.82. The molecule has 0 aromatic heterocycles. The molecule has 1 atom stereocenters. The van der Waals surface area contributed by atoms with Crippen molar-refractivity contribution in [3.63, 3.8) is 0 Å². The average Bonchev–Trinajstić information content (AvgIpc) is 2.46. The maximum atomic E-state index is 3.51. The van der Waals surface area contributed by atoms with Crippen molar-refractivity contribution in [3.05, 3.63) is 30.3 Å². The second-order valence-electron chi connectivity index (χ2n) is 4.79. The van der Waals surface area contributed by atoms with Crippen LogP contribution < -0.4 is 5.32 Å². The van der Waals surface area contributed by atoms with Gasteiger partial charge in [-0.3, -0.25) is 4.90 Å². The molecule has 1 N–H and O–H groups in total. The highest BCUT2D eigenvalue weighted by Crippen LogP contribution is 2.18. The van der Waals surface area contributed by atoms with Crippen molar-refractivity contribution >= 4 is 11.8 Å². The smallest absolute Gasteiger partial charge is 0.0221 e. The Morgan fingerprint density at radius 3 is 2.83 bits per heavy atom. The fraction of sp³-hybridized carbons (Fsp3) is 0.600. The van der Waals surface area contributed by atoms with Crippen LogP contribution in [0.25, 0.3) is 0 Å². The molecule has 1 aliphatic rings. The van der Waals surface area contributed by atoms with E-state index in [1.54, 1.807) is 0 Å². The molecule has 1 saturated heterocycles. The lowest BCUT2D eigenvalue weighted by Gasteiger charge is -2.33. The van der Waals surface area contributed by atoms with Gasteiger partial charge in [0.15, 0.2) is 0 Å². The molecule has 1 aromatic rings. The standard InChI is InChI=1S/C15H24N2S/c1-2-17(14-7-6-10-16-13-14)11-12-18-15-8-4-3-5-9-15/h3-5,8-9,14,16H,2,6-7,10-13H2,1H3. The Kier molecular flexibility index (Phi) is 6.05. The maximum Gasteiger partial charge on any atom is 0.0221 e. The van der Waals surface area contributed by atoms with Gasteiger partial charge in [0, 0.05) is 29.8 Å². The lowest BCUT2D eigenvalue weighted by Crippen LogP contribution is -2.46. The van der Waals surface area contributed by atoms with Crippen molar-refractivity contribution in [3.8, 4) is 0 Å². The summed E-state index contributed by atoms with van der Waals surface area (Å²) in [6.07, 6.45) is 2.68. The van der Waals surface area contributed by atoms with Crippen LogP contribution in [0.3, 0.4) is 0 Å². The van der Waals surface area contributed by atoms with Crippen molar-refractivity contribution in [1.29, 1.82) is 0 Å². The normalized spacial score (nSPS) is 20.2. The Balaban J connectivity index is 1.73. The number of nitrogens with one attached hydrogen (secondary N) is 1. The van der Waals surface area contributed by atoms with Gasteiger partial charge in [0.2, 0.25) is 0 Å². The monoisotopic (exact) mass is 264 g/mol. The largest absolute Gasteiger partial charge is 0.315 e. The third-order valence-electron chi connectivity index (χ3n) is 3.58. The summed E-state index contributed by atoms with van der Waals surface area (Å²) < 4.78 is 0. The fourth-order valence-electron chi connectivity index (χ4n) is 2.54. The van der Waals surface area contributed by atoms with E-state index in [2.05, 4.69) is 47.5 Å². The van der Waals surface area contributed by atoms with Crippen LogP contribution in [-0.4, -0.2) is 42.9 Å². The Bertz CT molecular complexity index is 323. The third kappa shape index (κ3) is 4.30. The Labute approximate surface area is 115 Å². The molecule has 18 heavy (non-hydrogen) atoms. The zero-order chi connectivity index (χ0) is 12.6. The third-order valence-corrected chi connectivity index (χ3v) is 4.58. The van der Waals surface area contributed by atoms with Crippen molar-refractivity contribution in [2.24, 2.45) is 0 Å². The summed E-state index contributed by atoms with van der Waals surface area (Å²) >= 11 is 1.97. The SMILES string of the molecule is CCN(CCSc1ccccc1)C1CCCNC1. The average molecular weight is 264 g/mol. The number of benzene rings is 1. The van der Waals surface area contributed by atoms with Crippen LogP contribution in [0, 0.1) is 0 Å². The van der Waals surface area contributed by atoms with E-state index in [0.717, 1.165) is 6.04 Å². The van der Waals surface area contributed by atoms with Crippen LogP contribution in [0.5, 0.6) is 0 Å². The van der Waals surface area contributed by atoms with E-state index in [0.29, 0.717) is 0 Å². The molecule has 0 saturated carbocycles. The number of piperidine rings is 1. The first-order valence-electron chi connectivity index (χ1n) is 7.02. The summed E-state index contributed by atoms with van der Waals surface area (Å²) in [7, 11) is 0. The van der Waals surface area contributed by atoms with E-state index in [-0.39, 0.29) is 0 Å². The van der Waals surface area contributed by atoms with E-state index in [9.17, 15) is 0 Å². The molecule has 1 aromatic carbocycles. The summed E-state index contributed by atoms with van der Waals surface area (Å²) in [5, 5.41) is 3.51. The highest BCUT2D eigenvalue weighted by Gasteiger charge is 2.18. The molecule has 1 heterocycles. The number of hydrogen-bond donors (Lipinski definition) is 1. The van der Waals surface area contributed by atoms with Crippen LogP contribution in [0.1, 0.15) is 19.8 Å². The van der Waals surface area contributed by atoms with E-state index in [4.69, 9.17) is 0 Å². The number of rotatable bonds is 6. The summed E-state index contributed by atoms with van der Waals surface area (Å²) in [6.45, 7) is 7.02. The van der Waals surface area contributed by atoms with Gasteiger partial charge in [0.25, 0.3) is 0 Å². The van der Waals surface area contributed by atoms with Gasteiger partial charge in [-0.15, -0.1) is 11.8 Å². The summed E-state index contributed by atoms with van der Waals surface area (Å²) in [5.41, 5.74) is 0. The van der Waals surface area contributed by atoms with Gasteiger partial charge in [0.1, 0.15) is 0 Å². The van der Waals surface area contributed by atoms with E-state index >= 15 is 0 Å². The Morgan fingerprint density at radius 1 is 1.33 bits per heavy atom. The first kappa shape index (κ1) is 13.9. The summed E-state index contributed by atoms with van der Waals surface area (Å²) in [6, 6.07) is 11.5. The molecule has 1 unspecified atom stereocenters.